The Labute approximate surface area is 218 Å². The molecule has 4 aliphatic heterocycles. The number of amides is 2. The normalized spacial score (nSPS) is 29.2. The van der Waals surface area contributed by atoms with Crippen LogP contribution in [0.3, 0.4) is 0 Å². The van der Waals surface area contributed by atoms with Crippen molar-refractivity contribution in [2.24, 2.45) is 5.92 Å². The van der Waals surface area contributed by atoms with E-state index < -0.39 is 16.9 Å². The largest absolute Gasteiger partial charge is 0.497 e. The van der Waals surface area contributed by atoms with Gasteiger partial charge in [-0.25, -0.2) is 0 Å². The molecular formula is C29H24ClN3O4. The minimum Gasteiger partial charge on any atom is -0.497 e. The summed E-state index contributed by atoms with van der Waals surface area (Å²) in [5.74, 6) is -1.09. The van der Waals surface area contributed by atoms with Crippen molar-refractivity contribution in [3.63, 3.8) is 0 Å². The molecule has 4 aliphatic rings. The standard InChI is InChI=1S/C29H24ClN3O4/c1-37-17-8-4-7-16(15-17)25(34)23-22-13-6-14-33(22)29(19-10-5-11-20(30)24(19)32-27(29)36)28(23)18-9-2-3-12-21(18)31-26(28)35/h2-5,7-12,15,22-23H,6,13-14H2,1H3,(H,31,35)(H,32,36). The summed E-state index contributed by atoms with van der Waals surface area (Å²) in [4.78, 5) is 45.5. The maximum atomic E-state index is 14.6. The molecule has 2 N–H and O–H groups in total. The van der Waals surface area contributed by atoms with Gasteiger partial charge < -0.3 is 15.4 Å². The predicted octanol–water partition coefficient (Wildman–Crippen LogP) is 4.36. The van der Waals surface area contributed by atoms with Crippen LogP contribution < -0.4 is 15.4 Å². The van der Waals surface area contributed by atoms with E-state index in [1.807, 2.05) is 30.3 Å². The Hall–Kier alpha value is -3.68. The molecule has 2 amide bonds. The molecule has 4 atom stereocenters. The van der Waals surface area contributed by atoms with Crippen LogP contribution in [0.2, 0.25) is 5.02 Å². The van der Waals surface area contributed by atoms with Crippen LogP contribution in [0.5, 0.6) is 5.75 Å². The van der Waals surface area contributed by atoms with Crippen LogP contribution in [0.15, 0.2) is 66.7 Å². The lowest BCUT2D eigenvalue weighted by Crippen LogP contribution is -2.62. The van der Waals surface area contributed by atoms with Gasteiger partial charge in [-0.3, -0.25) is 19.3 Å². The van der Waals surface area contributed by atoms with E-state index in [-0.39, 0.29) is 23.6 Å². The second kappa shape index (κ2) is 7.66. The lowest BCUT2D eigenvalue weighted by Gasteiger charge is -2.43. The summed E-state index contributed by atoms with van der Waals surface area (Å²) in [6.07, 6.45) is 1.51. The summed E-state index contributed by atoms with van der Waals surface area (Å²) in [6.45, 7) is 0.586. The molecule has 0 bridgehead atoms. The number of para-hydroxylation sites is 2. The SMILES string of the molecule is COc1cccc(C(=O)C2C3CCCN3C3(C(=O)Nc4c(Cl)cccc43)C23C(=O)Nc2ccccc23)c1. The van der Waals surface area contributed by atoms with E-state index in [0.29, 0.717) is 51.8 Å². The highest BCUT2D eigenvalue weighted by Gasteiger charge is 2.81. The van der Waals surface area contributed by atoms with Crippen LogP contribution in [0.4, 0.5) is 11.4 Å². The molecule has 2 spiro atoms. The lowest BCUT2D eigenvalue weighted by molar-refractivity contribution is -0.137. The van der Waals surface area contributed by atoms with E-state index in [9.17, 15) is 14.4 Å². The third kappa shape index (κ3) is 2.53. The van der Waals surface area contributed by atoms with Crippen molar-refractivity contribution in [1.82, 2.24) is 4.90 Å². The first-order valence-electron chi connectivity index (χ1n) is 12.4. The van der Waals surface area contributed by atoms with E-state index in [1.165, 1.54) is 0 Å². The van der Waals surface area contributed by atoms with Gasteiger partial charge in [-0.05, 0) is 49.2 Å². The Morgan fingerprint density at radius 3 is 2.62 bits per heavy atom. The number of anilines is 2. The smallest absolute Gasteiger partial charge is 0.251 e. The number of nitrogens with zero attached hydrogens (tertiary/aromatic N) is 1. The zero-order valence-electron chi connectivity index (χ0n) is 20.1. The van der Waals surface area contributed by atoms with Crippen LogP contribution >= 0.6 is 11.6 Å². The van der Waals surface area contributed by atoms with Gasteiger partial charge in [-0.15, -0.1) is 0 Å². The molecular weight excluding hydrogens is 490 g/mol. The van der Waals surface area contributed by atoms with Gasteiger partial charge in [0, 0.05) is 22.9 Å². The highest BCUT2D eigenvalue weighted by molar-refractivity contribution is 6.35. The monoisotopic (exact) mass is 513 g/mol. The van der Waals surface area contributed by atoms with E-state index in [4.69, 9.17) is 16.3 Å². The summed E-state index contributed by atoms with van der Waals surface area (Å²) in [5.41, 5.74) is -0.0254. The van der Waals surface area contributed by atoms with Crippen molar-refractivity contribution in [3.8, 4) is 5.75 Å². The predicted molar refractivity (Wildman–Crippen MR) is 139 cm³/mol. The van der Waals surface area contributed by atoms with Crippen molar-refractivity contribution in [3.05, 3.63) is 88.4 Å². The Morgan fingerprint density at radius 1 is 1.00 bits per heavy atom. The fourth-order valence-corrected chi connectivity index (χ4v) is 7.75. The van der Waals surface area contributed by atoms with Crippen molar-refractivity contribution in [2.45, 2.75) is 29.8 Å². The molecule has 2 saturated heterocycles. The minimum absolute atomic E-state index is 0.178. The van der Waals surface area contributed by atoms with Crippen LogP contribution in [-0.4, -0.2) is 42.2 Å². The van der Waals surface area contributed by atoms with Crippen molar-refractivity contribution >= 4 is 40.6 Å². The van der Waals surface area contributed by atoms with Gasteiger partial charge >= 0.3 is 0 Å². The molecule has 2 fully saturated rings. The summed E-state index contributed by atoms with van der Waals surface area (Å²) < 4.78 is 5.40. The molecule has 3 aromatic carbocycles. The van der Waals surface area contributed by atoms with Gasteiger partial charge in [0.15, 0.2) is 5.78 Å². The third-order valence-corrected chi connectivity index (χ3v) is 9.03. The number of nitrogens with one attached hydrogen (secondary N) is 2. The highest BCUT2D eigenvalue weighted by Crippen LogP contribution is 2.68. The van der Waals surface area contributed by atoms with Gasteiger partial charge in [0.1, 0.15) is 16.7 Å². The first-order valence-corrected chi connectivity index (χ1v) is 12.8. The second-order valence-corrected chi connectivity index (χ2v) is 10.5. The number of rotatable bonds is 3. The molecule has 186 valence electrons. The van der Waals surface area contributed by atoms with Crippen LogP contribution in [0, 0.1) is 5.92 Å². The van der Waals surface area contributed by atoms with E-state index in [2.05, 4.69) is 15.5 Å². The zero-order chi connectivity index (χ0) is 25.5. The van der Waals surface area contributed by atoms with Gasteiger partial charge in [-0.1, -0.05) is 54.1 Å². The molecule has 4 unspecified atom stereocenters. The number of hydrogen-bond acceptors (Lipinski definition) is 5. The zero-order valence-corrected chi connectivity index (χ0v) is 20.8. The molecule has 7 nitrogen and oxygen atoms in total. The molecule has 0 saturated carbocycles. The first kappa shape index (κ1) is 22.5. The fraction of sp³-hybridized carbons (Fsp3) is 0.276. The average molecular weight is 514 g/mol. The Bertz CT molecular complexity index is 1520. The minimum atomic E-state index is -1.49. The average Bonchev–Trinajstić information content (AvgIpc) is 3.63. The number of hydrogen-bond donors (Lipinski definition) is 2. The van der Waals surface area contributed by atoms with Crippen molar-refractivity contribution < 1.29 is 19.1 Å². The molecule has 0 aromatic heterocycles. The van der Waals surface area contributed by atoms with Crippen LogP contribution in [0.25, 0.3) is 0 Å². The number of ether oxygens (including phenoxy) is 1. The number of ketones is 1. The number of methoxy groups -OCH3 is 1. The maximum absolute atomic E-state index is 14.6. The Morgan fingerprint density at radius 2 is 1.78 bits per heavy atom. The van der Waals surface area contributed by atoms with E-state index in [0.717, 1.165) is 6.42 Å². The molecule has 0 radical (unpaired) electrons. The topological polar surface area (TPSA) is 87.7 Å². The van der Waals surface area contributed by atoms with Crippen molar-refractivity contribution in [1.29, 1.82) is 0 Å². The number of benzene rings is 3. The molecule has 0 aliphatic carbocycles. The summed E-state index contributed by atoms with van der Waals surface area (Å²) in [5, 5.41) is 6.45. The quantitative estimate of drug-likeness (QED) is 0.508. The van der Waals surface area contributed by atoms with Crippen LogP contribution in [0.1, 0.15) is 34.3 Å². The maximum Gasteiger partial charge on any atom is 0.251 e. The van der Waals surface area contributed by atoms with Crippen LogP contribution in [-0.2, 0) is 20.5 Å². The van der Waals surface area contributed by atoms with Gasteiger partial charge in [0.05, 0.1) is 23.7 Å². The molecule has 8 heteroatoms. The summed E-state index contributed by atoms with van der Waals surface area (Å²) in [7, 11) is 1.55. The fourth-order valence-electron chi connectivity index (χ4n) is 7.53. The summed E-state index contributed by atoms with van der Waals surface area (Å²) >= 11 is 6.58. The Balaban J connectivity index is 1.58. The van der Waals surface area contributed by atoms with Gasteiger partial charge in [0.2, 0.25) is 5.91 Å². The van der Waals surface area contributed by atoms with Crippen molar-refractivity contribution in [2.75, 3.05) is 24.3 Å². The Kier molecular flexibility index (Phi) is 4.66. The summed E-state index contributed by atoms with van der Waals surface area (Å²) in [6, 6.07) is 19.5. The number of halogens is 1. The first-order chi connectivity index (χ1) is 18.0. The third-order valence-electron chi connectivity index (χ3n) is 8.72. The van der Waals surface area contributed by atoms with E-state index in [1.54, 1.807) is 43.5 Å². The van der Waals surface area contributed by atoms with E-state index >= 15 is 0 Å². The number of carbonyl (C=O) groups is 3. The van der Waals surface area contributed by atoms with Gasteiger partial charge in [-0.2, -0.15) is 0 Å². The number of carbonyl (C=O) groups excluding carboxylic acids is 3. The molecule has 3 aromatic rings. The second-order valence-electron chi connectivity index (χ2n) is 10.1. The highest BCUT2D eigenvalue weighted by atomic mass is 35.5. The lowest BCUT2D eigenvalue weighted by atomic mass is 9.57. The molecule has 7 rings (SSSR count). The van der Waals surface area contributed by atoms with Gasteiger partial charge in [0.25, 0.3) is 5.91 Å². The number of fused-ring (bicyclic) bond motifs is 7. The molecule has 37 heavy (non-hydrogen) atoms. The molecule has 4 heterocycles. The number of Topliss-reactive ketones (excluding diaryl/α,β-unsaturated/α-hetero) is 1.